The van der Waals surface area contributed by atoms with Crippen molar-refractivity contribution in [2.45, 2.75) is 24.9 Å². The summed E-state index contributed by atoms with van der Waals surface area (Å²) < 4.78 is 13.0. The predicted octanol–water partition coefficient (Wildman–Crippen LogP) is 3.51. The number of aldehydes is 1. The van der Waals surface area contributed by atoms with Crippen molar-refractivity contribution >= 4 is 18.9 Å². The lowest BCUT2D eigenvalue weighted by Gasteiger charge is -2.12. The van der Waals surface area contributed by atoms with Crippen LogP contribution in [0.1, 0.15) is 35.8 Å². The van der Waals surface area contributed by atoms with Crippen LogP contribution < -0.4 is 0 Å². The molecule has 0 spiro atoms. The number of carbonyl (C=O) groups is 1. The molecule has 0 aliphatic heterocycles. The minimum Gasteiger partial charge on any atom is -0.298 e. The molecular formula is C14H13FN2OS. The molecule has 2 aromatic rings. The second-order valence-corrected chi connectivity index (χ2v) is 4.85. The van der Waals surface area contributed by atoms with E-state index in [-0.39, 0.29) is 11.7 Å². The molecule has 0 N–H and O–H groups in total. The van der Waals surface area contributed by atoms with E-state index in [0.29, 0.717) is 27.7 Å². The highest BCUT2D eigenvalue weighted by Gasteiger charge is 2.16. The lowest BCUT2D eigenvalue weighted by molar-refractivity contribution is 0.112. The molecule has 1 heterocycles. The standard InChI is InChI=1S/C14H13FN2OS/c1-8(2)12-11(7-18)13(17-14(19)16-12)9-3-5-10(15)6-4-9/h3-8H,1-2H3,(H,16,17,19). The van der Waals surface area contributed by atoms with Gasteiger partial charge >= 0.3 is 0 Å². The Morgan fingerprint density at radius 1 is 1.21 bits per heavy atom. The summed E-state index contributed by atoms with van der Waals surface area (Å²) >= 11 is 4.16. The first-order valence-electron chi connectivity index (χ1n) is 5.85. The highest BCUT2D eigenvalue weighted by molar-refractivity contribution is 7.80. The minimum absolute atomic E-state index is 0.0771. The number of hydrogen-bond donors (Lipinski definition) is 1. The predicted molar refractivity (Wildman–Crippen MR) is 74.2 cm³/mol. The Morgan fingerprint density at radius 3 is 2.37 bits per heavy atom. The van der Waals surface area contributed by atoms with E-state index in [2.05, 4.69) is 22.6 Å². The topological polar surface area (TPSA) is 42.9 Å². The van der Waals surface area contributed by atoms with Crippen molar-refractivity contribution in [2.75, 3.05) is 0 Å². The summed E-state index contributed by atoms with van der Waals surface area (Å²) in [5.41, 5.74) is 2.23. The van der Waals surface area contributed by atoms with Crippen molar-refractivity contribution in [1.82, 2.24) is 9.97 Å². The third kappa shape index (κ3) is 2.81. The molecule has 5 heteroatoms. The lowest BCUT2D eigenvalue weighted by Crippen LogP contribution is -2.05. The van der Waals surface area contributed by atoms with E-state index < -0.39 is 0 Å². The Bertz CT molecular complexity index is 612. The molecule has 0 saturated carbocycles. The van der Waals surface area contributed by atoms with E-state index in [0.717, 1.165) is 6.29 Å². The van der Waals surface area contributed by atoms with Gasteiger partial charge in [-0.05, 0) is 30.2 Å². The molecule has 98 valence electrons. The van der Waals surface area contributed by atoms with Gasteiger partial charge in [0.05, 0.1) is 17.0 Å². The minimum atomic E-state index is -0.333. The van der Waals surface area contributed by atoms with E-state index in [9.17, 15) is 9.18 Å². The molecule has 0 amide bonds. The number of benzene rings is 1. The van der Waals surface area contributed by atoms with E-state index in [1.807, 2.05) is 13.8 Å². The molecular weight excluding hydrogens is 263 g/mol. The molecule has 2 rings (SSSR count). The van der Waals surface area contributed by atoms with Crippen LogP contribution in [-0.2, 0) is 0 Å². The Kier molecular flexibility index (Phi) is 3.95. The second-order valence-electron chi connectivity index (χ2n) is 4.45. The highest BCUT2D eigenvalue weighted by atomic mass is 32.1. The number of hydrogen-bond acceptors (Lipinski definition) is 4. The number of nitrogens with zero attached hydrogens (tertiary/aromatic N) is 2. The summed E-state index contributed by atoms with van der Waals surface area (Å²) in [7, 11) is 0. The van der Waals surface area contributed by atoms with Crippen LogP contribution in [0.3, 0.4) is 0 Å². The molecule has 0 aliphatic rings. The van der Waals surface area contributed by atoms with Crippen LogP contribution in [0.5, 0.6) is 0 Å². The van der Waals surface area contributed by atoms with Crippen molar-refractivity contribution in [3.8, 4) is 11.3 Å². The normalized spacial score (nSPS) is 10.8. The fourth-order valence-corrected chi connectivity index (χ4v) is 2.07. The zero-order valence-electron chi connectivity index (χ0n) is 10.6. The molecule has 0 bridgehead atoms. The first-order chi connectivity index (χ1) is 9.02. The zero-order chi connectivity index (χ0) is 14.0. The number of aromatic nitrogens is 2. The van der Waals surface area contributed by atoms with Crippen molar-refractivity contribution in [1.29, 1.82) is 0 Å². The maximum Gasteiger partial charge on any atom is 0.185 e. The summed E-state index contributed by atoms with van der Waals surface area (Å²) in [4.78, 5) is 19.7. The summed E-state index contributed by atoms with van der Waals surface area (Å²) in [5, 5.41) is 0.300. The van der Waals surface area contributed by atoms with Crippen molar-refractivity contribution in [3.63, 3.8) is 0 Å². The van der Waals surface area contributed by atoms with Crippen LogP contribution in [0, 0.1) is 5.82 Å². The molecule has 0 saturated heterocycles. The number of halogens is 1. The van der Waals surface area contributed by atoms with E-state index in [4.69, 9.17) is 0 Å². The third-order valence-electron chi connectivity index (χ3n) is 2.75. The third-order valence-corrected chi connectivity index (χ3v) is 2.95. The van der Waals surface area contributed by atoms with Crippen molar-refractivity contribution in [2.24, 2.45) is 0 Å². The number of thiol groups is 1. The van der Waals surface area contributed by atoms with E-state index in [1.54, 1.807) is 12.1 Å². The van der Waals surface area contributed by atoms with Crippen molar-refractivity contribution in [3.05, 3.63) is 41.3 Å². The van der Waals surface area contributed by atoms with Gasteiger partial charge in [-0.3, -0.25) is 4.79 Å². The van der Waals surface area contributed by atoms with Crippen LogP contribution >= 0.6 is 12.6 Å². The van der Waals surface area contributed by atoms with E-state index in [1.165, 1.54) is 12.1 Å². The monoisotopic (exact) mass is 276 g/mol. The summed E-state index contributed by atoms with van der Waals surface area (Å²) in [5.74, 6) is -0.256. The van der Waals surface area contributed by atoms with Gasteiger partial charge in [-0.1, -0.05) is 13.8 Å². The van der Waals surface area contributed by atoms with Gasteiger partial charge in [0.15, 0.2) is 11.4 Å². The van der Waals surface area contributed by atoms with Gasteiger partial charge in [-0.2, -0.15) is 0 Å². The Labute approximate surface area is 116 Å². The number of carbonyl (C=O) groups excluding carboxylic acids is 1. The Morgan fingerprint density at radius 2 is 1.84 bits per heavy atom. The molecule has 0 radical (unpaired) electrons. The maximum atomic E-state index is 13.0. The van der Waals surface area contributed by atoms with Gasteiger partial charge in [0, 0.05) is 5.56 Å². The van der Waals surface area contributed by atoms with Crippen LogP contribution in [0.2, 0.25) is 0 Å². The SMILES string of the molecule is CC(C)c1nc(S)nc(-c2ccc(F)cc2)c1C=O. The summed E-state index contributed by atoms with van der Waals surface area (Å²) in [6.07, 6.45) is 0.737. The first kappa shape index (κ1) is 13.7. The van der Waals surface area contributed by atoms with Crippen LogP contribution in [0.25, 0.3) is 11.3 Å². The average Bonchev–Trinajstić information content (AvgIpc) is 2.38. The highest BCUT2D eigenvalue weighted by Crippen LogP contribution is 2.27. The average molecular weight is 276 g/mol. The van der Waals surface area contributed by atoms with E-state index >= 15 is 0 Å². The van der Waals surface area contributed by atoms with Gasteiger partial charge < -0.3 is 0 Å². The molecule has 0 aliphatic carbocycles. The molecule has 3 nitrogen and oxygen atoms in total. The van der Waals surface area contributed by atoms with Crippen LogP contribution in [-0.4, -0.2) is 16.3 Å². The van der Waals surface area contributed by atoms with Gasteiger partial charge in [0.25, 0.3) is 0 Å². The Balaban J connectivity index is 2.68. The maximum absolute atomic E-state index is 13.0. The van der Waals surface area contributed by atoms with Crippen LogP contribution in [0.4, 0.5) is 4.39 Å². The lowest BCUT2D eigenvalue weighted by atomic mass is 9.99. The zero-order valence-corrected chi connectivity index (χ0v) is 11.5. The van der Waals surface area contributed by atoms with Gasteiger partial charge in [-0.15, -0.1) is 12.6 Å². The quantitative estimate of drug-likeness (QED) is 0.530. The molecule has 0 fully saturated rings. The summed E-state index contributed by atoms with van der Waals surface area (Å²) in [6.45, 7) is 3.88. The fraction of sp³-hybridized carbons (Fsp3) is 0.214. The van der Waals surface area contributed by atoms with Crippen molar-refractivity contribution < 1.29 is 9.18 Å². The van der Waals surface area contributed by atoms with Crippen LogP contribution in [0.15, 0.2) is 29.4 Å². The molecule has 19 heavy (non-hydrogen) atoms. The largest absolute Gasteiger partial charge is 0.298 e. The second kappa shape index (κ2) is 5.48. The summed E-state index contributed by atoms with van der Waals surface area (Å²) in [6, 6.07) is 5.84. The fourth-order valence-electron chi connectivity index (χ4n) is 1.86. The molecule has 0 unspecified atom stereocenters. The smallest absolute Gasteiger partial charge is 0.185 e. The van der Waals surface area contributed by atoms with Gasteiger partial charge in [0.2, 0.25) is 0 Å². The number of rotatable bonds is 3. The molecule has 0 atom stereocenters. The molecule has 1 aromatic heterocycles. The Hall–Kier alpha value is -1.75. The molecule has 1 aromatic carbocycles. The van der Waals surface area contributed by atoms with Gasteiger partial charge in [0.1, 0.15) is 5.82 Å². The van der Waals surface area contributed by atoms with Gasteiger partial charge in [-0.25, -0.2) is 14.4 Å². The first-order valence-corrected chi connectivity index (χ1v) is 6.29.